The molecule has 1 amide bonds. The van der Waals surface area contributed by atoms with Gasteiger partial charge in [-0.2, -0.15) is 13.2 Å². The number of alkyl halides is 3. The van der Waals surface area contributed by atoms with E-state index in [1.807, 2.05) is 0 Å². The molecule has 0 radical (unpaired) electrons. The van der Waals surface area contributed by atoms with E-state index in [2.05, 4.69) is 10.6 Å². The number of amides is 1. The van der Waals surface area contributed by atoms with Crippen LogP contribution in [0.25, 0.3) is 0 Å². The lowest BCUT2D eigenvalue weighted by Gasteiger charge is -2.20. The molecular formula is C18H17F5N2O. The molecule has 0 fully saturated rings. The van der Waals surface area contributed by atoms with Crippen molar-refractivity contribution < 1.29 is 26.7 Å². The summed E-state index contributed by atoms with van der Waals surface area (Å²) < 4.78 is 64.3. The van der Waals surface area contributed by atoms with E-state index < -0.39 is 41.4 Å². The summed E-state index contributed by atoms with van der Waals surface area (Å²) in [6.07, 6.45) is -4.45. The van der Waals surface area contributed by atoms with Crippen LogP contribution in [0.2, 0.25) is 0 Å². The summed E-state index contributed by atoms with van der Waals surface area (Å²) in [6, 6.07) is 5.83. The van der Waals surface area contributed by atoms with Gasteiger partial charge in [0, 0.05) is 23.4 Å². The number of anilines is 1. The summed E-state index contributed by atoms with van der Waals surface area (Å²) in [7, 11) is 0. The highest BCUT2D eigenvalue weighted by Crippen LogP contribution is 2.29. The maximum atomic E-state index is 13.8. The summed E-state index contributed by atoms with van der Waals surface area (Å²) in [5, 5.41) is 5.34. The standard InChI is InChI=1S/C18H17F5N2O/c1-10(15-8-5-13(19)9-16(15)20)24-11(2)17(26)25-14-6-3-12(4-7-14)18(21,22)23/h3-11,24H,1-2H3,(H,25,26)/t10-,11+/m1/s1. The van der Waals surface area contributed by atoms with Gasteiger partial charge in [0.2, 0.25) is 5.91 Å². The van der Waals surface area contributed by atoms with Crippen molar-refractivity contribution in [3.8, 4) is 0 Å². The average Bonchev–Trinajstić information content (AvgIpc) is 2.54. The summed E-state index contributed by atoms with van der Waals surface area (Å²) in [4.78, 5) is 12.2. The molecule has 2 aromatic carbocycles. The van der Waals surface area contributed by atoms with Gasteiger partial charge >= 0.3 is 6.18 Å². The number of hydrogen-bond donors (Lipinski definition) is 2. The number of rotatable bonds is 5. The first kappa shape index (κ1) is 19.8. The van der Waals surface area contributed by atoms with Crippen LogP contribution in [-0.4, -0.2) is 11.9 Å². The monoisotopic (exact) mass is 372 g/mol. The molecule has 2 aromatic rings. The Labute approximate surface area is 147 Å². The summed E-state index contributed by atoms with van der Waals surface area (Å²) in [5.41, 5.74) is -0.417. The predicted octanol–water partition coefficient (Wildman–Crippen LogP) is 4.66. The van der Waals surface area contributed by atoms with Crippen molar-refractivity contribution >= 4 is 11.6 Å². The Morgan fingerprint density at radius 3 is 2.15 bits per heavy atom. The van der Waals surface area contributed by atoms with Crippen molar-refractivity contribution in [3.63, 3.8) is 0 Å². The Morgan fingerprint density at radius 2 is 1.62 bits per heavy atom. The van der Waals surface area contributed by atoms with Gasteiger partial charge in [0.15, 0.2) is 0 Å². The predicted molar refractivity (Wildman–Crippen MR) is 87.4 cm³/mol. The fraction of sp³-hybridized carbons (Fsp3) is 0.278. The zero-order valence-electron chi connectivity index (χ0n) is 14.0. The second-order valence-electron chi connectivity index (χ2n) is 5.84. The highest BCUT2D eigenvalue weighted by Gasteiger charge is 2.30. The van der Waals surface area contributed by atoms with Crippen molar-refractivity contribution in [1.29, 1.82) is 0 Å². The van der Waals surface area contributed by atoms with Crippen LogP contribution in [0.1, 0.15) is 31.0 Å². The number of carbonyl (C=O) groups excluding carboxylic acids is 1. The fourth-order valence-corrected chi connectivity index (χ4v) is 2.39. The maximum absolute atomic E-state index is 13.8. The first-order valence-electron chi connectivity index (χ1n) is 7.77. The minimum atomic E-state index is -4.45. The molecule has 0 spiro atoms. The van der Waals surface area contributed by atoms with Gasteiger partial charge in [-0.15, -0.1) is 0 Å². The van der Waals surface area contributed by atoms with Crippen LogP contribution in [0.5, 0.6) is 0 Å². The molecule has 3 nitrogen and oxygen atoms in total. The number of nitrogens with one attached hydrogen (secondary N) is 2. The molecule has 26 heavy (non-hydrogen) atoms. The molecule has 0 aromatic heterocycles. The number of halogens is 5. The molecule has 0 aliphatic heterocycles. The Morgan fingerprint density at radius 1 is 1.00 bits per heavy atom. The molecule has 0 bridgehead atoms. The molecule has 2 N–H and O–H groups in total. The van der Waals surface area contributed by atoms with Crippen molar-refractivity contribution in [1.82, 2.24) is 5.32 Å². The highest BCUT2D eigenvalue weighted by molar-refractivity contribution is 5.94. The Hall–Kier alpha value is -2.48. The topological polar surface area (TPSA) is 41.1 Å². The van der Waals surface area contributed by atoms with Crippen LogP contribution < -0.4 is 10.6 Å². The number of hydrogen-bond acceptors (Lipinski definition) is 2. The van der Waals surface area contributed by atoms with Crippen molar-refractivity contribution in [2.24, 2.45) is 0 Å². The summed E-state index contributed by atoms with van der Waals surface area (Å²) in [6.45, 7) is 3.13. The fourth-order valence-electron chi connectivity index (χ4n) is 2.39. The van der Waals surface area contributed by atoms with E-state index in [1.165, 1.54) is 13.0 Å². The second kappa shape index (κ2) is 7.82. The molecule has 0 saturated carbocycles. The quantitative estimate of drug-likeness (QED) is 0.750. The van der Waals surface area contributed by atoms with Crippen LogP contribution in [0.15, 0.2) is 42.5 Å². The molecule has 0 aliphatic carbocycles. The minimum Gasteiger partial charge on any atom is -0.325 e. The molecular weight excluding hydrogens is 355 g/mol. The SMILES string of the molecule is C[C@H](N[C@H](C)c1ccc(F)cc1F)C(=O)Nc1ccc(C(F)(F)F)cc1. The second-order valence-corrected chi connectivity index (χ2v) is 5.84. The molecule has 2 atom stereocenters. The van der Waals surface area contributed by atoms with E-state index in [0.717, 1.165) is 36.4 Å². The zero-order chi connectivity index (χ0) is 19.5. The lowest BCUT2D eigenvalue weighted by molar-refractivity contribution is -0.137. The van der Waals surface area contributed by atoms with Crippen LogP contribution in [-0.2, 0) is 11.0 Å². The molecule has 140 valence electrons. The van der Waals surface area contributed by atoms with Gasteiger partial charge in [-0.3, -0.25) is 10.1 Å². The normalized spacial score (nSPS) is 14.0. The largest absolute Gasteiger partial charge is 0.416 e. The van der Waals surface area contributed by atoms with Crippen molar-refractivity contribution in [3.05, 3.63) is 65.2 Å². The average molecular weight is 372 g/mol. The Balaban J connectivity index is 1.98. The lowest BCUT2D eigenvalue weighted by atomic mass is 10.1. The van der Waals surface area contributed by atoms with Gasteiger partial charge < -0.3 is 5.32 Å². The van der Waals surface area contributed by atoms with E-state index in [4.69, 9.17) is 0 Å². The molecule has 2 rings (SSSR count). The van der Waals surface area contributed by atoms with E-state index in [0.29, 0.717) is 0 Å². The van der Waals surface area contributed by atoms with E-state index in [-0.39, 0.29) is 11.3 Å². The molecule has 0 saturated heterocycles. The first-order chi connectivity index (χ1) is 12.1. The molecule has 0 heterocycles. The van der Waals surface area contributed by atoms with E-state index in [9.17, 15) is 26.7 Å². The van der Waals surface area contributed by atoms with Crippen LogP contribution >= 0.6 is 0 Å². The summed E-state index contributed by atoms with van der Waals surface area (Å²) >= 11 is 0. The van der Waals surface area contributed by atoms with Gasteiger partial charge in [-0.25, -0.2) is 8.78 Å². The third kappa shape index (κ3) is 5.01. The van der Waals surface area contributed by atoms with Crippen LogP contribution in [0.4, 0.5) is 27.6 Å². The zero-order valence-corrected chi connectivity index (χ0v) is 14.0. The van der Waals surface area contributed by atoms with Crippen LogP contribution in [0.3, 0.4) is 0 Å². The summed E-state index contributed by atoms with van der Waals surface area (Å²) in [5.74, 6) is -1.94. The molecule has 0 aliphatic rings. The third-order valence-electron chi connectivity index (χ3n) is 3.80. The van der Waals surface area contributed by atoms with Crippen molar-refractivity contribution in [2.45, 2.75) is 32.1 Å². The highest BCUT2D eigenvalue weighted by atomic mass is 19.4. The molecule has 8 heteroatoms. The van der Waals surface area contributed by atoms with Gasteiger partial charge in [0.05, 0.1) is 11.6 Å². The van der Waals surface area contributed by atoms with E-state index >= 15 is 0 Å². The van der Waals surface area contributed by atoms with Gasteiger partial charge in [-0.05, 0) is 44.2 Å². The Kier molecular flexibility index (Phi) is 5.97. The van der Waals surface area contributed by atoms with Gasteiger partial charge in [-0.1, -0.05) is 6.07 Å². The van der Waals surface area contributed by atoms with Gasteiger partial charge in [0.1, 0.15) is 11.6 Å². The third-order valence-corrected chi connectivity index (χ3v) is 3.80. The lowest BCUT2D eigenvalue weighted by Crippen LogP contribution is -2.39. The maximum Gasteiger partial charge on any atom is 0.416 e. The minimum absolute atomic E-state index is 0.195. The van der Waals surface area contributed by atoms with Gasteiger partial charge in [0.25, 0.3) is 0 Å². The number of carbonyl (C=O) groups is 1. The van der Waals surface area contributed by atoms with E-state index in [1.54, 1.807) is 6.92 Å². The molecule has 0 unspecified atom stereocenters. The van der Waals surface area contributed by atoms with Crippen molar-refractivity contribution in [2.75, 3.05) is 5.32 Å². The Bertz CT molecular complexity index is 774. The smallest absolute Gasteiger partial charge is 0.325 e. The van der Waals surface area contributed by atoms with Crippen LogP contribution in [0, 0.1) is 11.6 Å². The number of benzene rings is 2. The first-order valence-corrected chi connectivity index (χ1v) is 7.77.